The summed E-state index contributed by atoms with van der Waals surface area (Å²) in [5.74, 6) is 0.467. The van der Waals surface area contributed by atoms with Crippen LogP contribution in [0, 0.1) is 0 Å². The molecule has 0 aliphatic carbocycles. The number of nitrogens with one attached hydrogen (secondary N) is 1. The first kappa shape index (κ1) is 16.0. The van der Waals surface area contributed by atoms with Crippen LogP contribution < -0.4 is 16.0 Å². The van der Waals surface area contributed by atoms with Crippen molar-refractivity contribution in [1.82, 2.24) is 14.5 Å². The molecule has 130 valence electrons. The quantitative estimate of drug-likeness (QED) is 0.589. The topological polar surface area (TPSA) is 72.0 Å². The highest BCUT2D eigenvalue weighted by molar-refractivity contribution is 5.85. The Bertz CT molecular complexity index is 1050. The lowest BCUT2D eigenvalue weighted by molar-refractivity contribution is 1.09. The Labute approximate surface area is 151 Å². The van der Waals surface area contributed by atoms with Crippen molar-refractivity contribution in [3.63, 3.8) is 0 Å². The number of rotatable bonds is 4. The van der Waals surface area contributed by atoms with Crippen LogP contribution >= 0.6 is 0 Å². The smallest absolute Gasteiger partial charge is 0.205 e. The number of hydrogen-bond acceptors (Lipinski definition) is 5. The molecule has 0 saturated carbocycles. The van der Waals surface area contributed by atoms with E-state index in [9.17, 15) is 0 Å². The van der Waals surface area contributed by atoms with Crippen molar-refractivity contribution in [2.75, 3.05) is 30.0 Å². The molecular weight excluding hydrogens is 324 g/mol. The van der Waals surface area contributed by atoms with Crippen LogP contribution in [0.4, 0.5) is 23.0 Å². The van der Waals surface area contributed by atoms with Gasteiger partial charge < -0.3 is 16.0 Å². The highest BCUT2D eigenvalue weighted by Gasteiger charge is 2.12. The van der Waals surface area contributed by atoms with Crippen molar-refractivity contribution < 1.29 is 0 Å². The van der Waals surface area contributed by atoms with E-state index in [1.807, 2.05) is 61.1 Å². The first-order chi connectivity index (χ1) is 12.6. The molecule has 0 spiro atoms. The largest absolute Gasteiger partial charge is 0.378 e. The Morgan fingerprint density at radius 1 is 1.00 bits per heavy atom. The molecule has 26 heavy (non-hydrogen) atoms. The molecule has 2 aromatic heterocycles. The van der Waals surface area contributed by atoms with Crippen molar-refractivity contribution in [1.29, 1.82) is 0 Å². The summed E-state index contributed by atoms with van der Waals surface area (Å²) in [6, 6.07) is 18.1. The Morgan fingerprint density at radius 2 is 1.88 bits per heavy atom. The molecule has 4 rings (SSSR count). The fourth-order valence-electron chi connectivity index (χ4n) is 2.96. The monoisotopic (exact) mass is 344 g/mol. The minimum Gasteiger partial charge on any atom is -0.378 e. The van der Waals surface area contributed by atoms with Crippen LogP contribution in [-0.4, -0.2) is 28.6 Å². The van der Waals surface area contributed by atoms with Gasteiger partial charge in [-0.3, -0.25) is 9.55 Å². The van der Waals surface area contributed by atoms with Crippen molar-refractivity contribution in [2.24, 2.45) is 0 Å². The van der Waals surface area contributed by atoms with Crippen LogP contribution in [0.2, 0.25) is 0 Å². The highest BCUT2D eigenvalue weighted by atomic mass is 15.2. The van der Waals surface area contributed by atoms with Gasteiger partial charge in [0.25, 0.3) is 0 Å². The summed E-state index contributed by atoms with van der Waals surface area (Å²) in [7, 11) is 4.04. The molecule has 0 amide bonds. The van der Waals surface area contributed by atoms with Gasteiger partial charge in [0, 0.05) is 31.7 Å². The van der Waals surface area contributed by atoms with Crippen molar-refractivity contribution in [3.8, 4) is 5.69 Å². The van der Waals surface area contributed by atoms with Crippen LogP contribution in [0.15, 0.2) is 67.0 Å². The Hall–Kier alpha value is -3.54. The summed E-state index contributed by atoms with van der Waals surface area (Å²) in [6.45, 7) is 0. The van der Waals surface area contributed by atoms with Gasteiger partial charge in [0.15, 0.2) is 0 Å². The van der Waals surface area contributed by atoms with Gasteiger partial charge in [-0.2, -0.15) is 0 Å². The molecule has 4 aromatic rings. The molecule has 0 saturated heterocycles. The number of fused-ring (bicyclic) bond motifs is 1. The van der Waals surface area contributed by atoms with Crippen LogP contribution in [0.5, 0.6) is 0 Å². The molecule has 6 heteroatoms. The summed E-state index contributed by atoms with van der Waals surface area (Å²) >= 11 is 0. The maximum atomic E-state index is 6.22. The predicted octanol–water partition coefficient (Wildman–Crippen LogP) is 3.81. The molecule has 2 heterocycles. The summed E-state index contributed by atoms with van der Waals surface area (Å²) in [5, 5.41) is 3.36. The van der Waals surface area contributed by atoms with Crippen molar-refractivity contribution in [2.45, 2.75) is 0 Å². The molecular formula is C20H20N6. The molecule has 0 bridgehead atoms. The number of nitrogen functional groups attached to an aromatic ring is 1. The summed E-state index contributed by atoms with van der Waals surface area (Å²) in [4.78, 5) is 10.7. The lowest BCUT2D eigenvalue weighted by Crippen LogP contribution is -2.09. The number of imidazole rings is 1. The SMILES string of the molecule is CN(C)c1cccc(-n2c(N)nc3ccc(Nc4cccnc4)cc32)c1. The normalized spacial score (nSPS) is 10.8. The van der Waals surface area contributed by atoms with Crippen molar-refractivity contribution in [3.05, 3.63) is 67.0 Å². The van der Waals surface area contributed by atoms with E-state index in [2.05, 4.69) is 32.3 Å². The third-order valence-electron chi connectivity index (χ3n) is 4.23. The Kier molecular flexibility index (Phi) is 3.93. The highest BCUT2D eigenvalue weighted by Crippen LogP contribution is 2.28. The number of nitrogens with two attached hydrogens (primary N) is 1. The number of benzene rings is 2. The van der Waals surface area contributed by atoms with E-state index in [1.54, 1.807) is 12.4 Å². The fraction of sp³-hybridized carbons (Fsp3) is 0.100. The molecule has 0 radical (unpaired) electrons. The third kappa shape index (κ3) is 2.93. The minimum atomic E-state index is 0.467. The zero-order valence-electron chi connectivity index (χ0n) is 14.7. The van der Waals surface area contributed by atoms with Crippen LogP contribution in [0.3, 0.4) is 0 Å². The van der Waals surface area contributed by atoms with Gasteiger partial charge in [-0.05, 0) is 48.5 Å². The van der Waals surface area contributed by atoms with E-state index < -0.39 is 0 Å². The van der Waals surface area contributed by atoms with Gasteiger partial charge in [-0.15, -0.1) is 0 Å². The zero-order chi connectivity index (χ0) is 18.1. The van der Waals surface area contributed by atoms with Gasteiger partial charge >= 0.3 is 0 Å². The summed E-state index contributed by atoms with van der Waals surface area (Å²) < 4.78 is 1.97. The molecule has 0 atom stereocenters. The van der Waals surface area contributed by atoms with Crippen LogP contribution in [0.1, 0.15) is 0 Å². The van der Waals surface area contributed by atoms with E-state index in [-0.39, 0.29) is 0 Å². The molecule has 2 aromatic carbocycles. The van der Waals surface area contributed by atoms with E-state index in [1.165, 1.54) is 0 Å². The first-order valence-corrected chi connectivity index (χ1v) is 8.34. The molecule has 0 aliphatic heterocycles. The van der Waals surface area contributed by atoms with Gasteiger partial charge in [-0.25, -0.2) is 4.98 Å². The van der Waals surface area contributed by atoms with Crippen LogP contribution in [-0.2, 0) is 0 Å². The number of nitrogens with zero attached hydrogens (tertiary/aromatic N) is 4. The second kappa shape index (κ2) is 6.40. The number of aromatic nitrogens is 3. The Morgan fingerprint density at radius 3 is 2.65 bits per heavy atom. The second-order valence-electron chi connectivity index (χ2n) is 6.29. The van der Waals surface area contributed by atoms with Gasteiger partial charge in [0.05, 0.1) is 28.6 Å². The van der Waals surface area contributed by atoms with Crippen LogP contribution in [0.25, 0.3) is 16.7 Å². The third-order valence-corrected chi connectivity index (χ3v) is 4.23. The average Bonchev–Trinajstić information content (AvgIpc) is 2.98. The predicted molar refractivity (Wildman–Crippen MR) is 107 cm³/mol. The lowest BCUT2D eigenvalue weighted by atomic mass is 10.2. The number of pyridine rings is 1. The lowest BCUT2D eigenvalue weighted by Gasteiger charge is -2.15. The average molecular weight is 344 g/mol. The maximum Gasteiger partial charge on any atom is 0.205 e. The Balaban J connectivity index is 1.81. The van der Waals surface area contributed by atoms with Crippen molar-refractivity contribution >= 4 is 34.0 Å². The summed E-state index contributed by atoms with van der Waals surface area (Å²) in [5.41, 5.74) is 12.0. The van der Waals surface area contributed by atoms with Gasteiger partial charge in [0.2, 0.25) is 5.95 Å². The molecule has 6 nitrogen and oxygen atoms in total. The zero-order valence-corrected chi connectivity index (χ0v) is 14.7. The fourth-order valence-corrected chi connectivity index (χ4v) is 2.96. The second-order valence-corrected chi connectivity index (χ2v) is 6.29. The number of hydrogen-bond donors (Lipinski definition) is 2. The molecule has 3 N–H and O–H groups in total. The summed E-state index contributed by atoms with van der Waals surface area (Å²) in [6.07, 6.45) is 3.54. The van der Waals surface area contributed by atoms with E-state index in [0.29, 0.717) is 5.95 Å². The molecule has 0 unspecified atom stereocenters. The maximum absolute atomic E-state index is 6.22. The van der Waals surface area contributed by atoms with E-state index in [0.717, 1.165) is 33.8 Å². The molecule has 0 aliphatic rings. The van der Waals surface area contributed by atoms with E-state index in [4.69, 9.17) is 5.73 Å². The molecule has 0 fully saturated rings. The standard InChI is InChI=1S/C20H20N6/c1-25(2)16-6-3-7-17(12-16)26-19-11-14(8-9-18(19)24-20(26)21)23-15-5-4-10-22-13-15/h3-13,23H,1-2H3,(H2,21,24). The first-order valence-electron chi connectivity index (χ1n) is 8.34. The van der Waals surface area contributed by atoms with Gasteiger partial charge in [0.1, 0.15) is 0 Å². The number of anilines is 4. The van der Waals surface area contributed by atoms with Gasteiger partial charge in [-0.1, -0.05) is 6.07 Å². The van der Waals surface area contributed by atoms with E-state index >= 15 is 0 Å². The minimum absolute atomic E-state index is 0.467.